The van der Waals surface area contributed by atoms with Gasteiger partial charge in [0, 0.05) is 0 Å². The quantitative estimate of drug-likeness (QED) is 0.0815. The molecule has 0 saturated heterocycles. The maximum absolute atomic E-state index is 12.0. The van der Waals surface area contributed by atoms with Gasteiger partial charge in [0.1, 0.15) is 13.2 Å². The molecule has 1 N–H and O–H groups in total. The van der Waals surface area contributed by atoms with Gasteiger partial charge >= 0.3 is 7.82 Å². The molecule has 0 aromatic heterocycles. The number of likely N-dealkylation sites (N-methyl/N-ethyl adjacent to an activating group) is 1. The molecule has 0 bridgehead atoms. The highest BCUT2D eigenvalue weighted by Crippen LogP contribution is 2.43. The molecule has 0 radical (unpaired) electrons. The summed E-state index contributed by atoms with van der Waals surface area (Å²) in [7, 11) is 0.428. The van der Waals surface area contributed by atoms with E-state index in [2.05, 4.69) is 27.9 Å². The average Bonchev–Trinajstić information content (AvgIpc) is 2.73. The maximum atomic E-state index is 12.0. The lowest BCUT2D eigenvalue weighted by Crippen LogP contribution is -2.42. The zero-order chi connectivity index (χ0) is 24.0. The van der Waals surface area contributed by atoms with Crippen LogP contribution in [-0.2, 0) is 13.6 Å². The molecule has 0 fully saturated rings. The van der Waals surface area contributed by atoms with Crippen LogP contribution in [-0.4, -0.2) is 49.8 Å². The Balaban J connectivity index is 3.60. The van der Waals surface area contributed by atoms with Crippen molar-refractivity contribution in [3.63, 3.8) is 0 Å². The Bertz CT molecular complexity index is 446. The third kappa shape index (κ3) is 23.2. The van der Waals surface area contributed by atoms with Crippen molar-refractivity contribution in [3.05, 3.63) is 0 Å². The highest BCUT2D eigenvalue weighted by atomic mass is 31.2. The number of rotatable bonds is 25. The number of hydrogen-bond acceptors (Lipinski definition) is 3. The third-order valence-electron chi connectivity index (χ3n) is 6.32. The number of hydrogen-bond donors (Lipinski definition) is 1. The van der Waals surface area contributed by atoms with Crippen molar-refractivity contribution in [2.45, 2.75) is 129 Å². The SMILES string of the molecule is CCCCCCCCCCCCCC[N+](C)(C)CCOP(=O)(O)OCCCCCCCC. The fourth-order valence-electron chi connectivity index (χ4n) is 4.00. The van der Waals surface area contributed by atoms with Crippen LogP contribution in [0.2, 0.25) is 0 Å². The van der Waals surface area contributed by atoms with E-state index in [1.54, 1.807) is 0 Å². The monoisotopic (exact) mass is 478 g/mol. The first kappa shape index (κ1) is 32.1. The van der Waals surface area contributed by atoms with E-state index < -0.39 is 7.82 Å². The molecule has 1 atom stereocenters. The molecule has 0 saturated carbocycles. The third-order valence-corrected chi connectivity index (χ3v) is 7.34. The molecular weight excluding hydrogens is 421 g/mol. The molecule has 194 valence electrons. The van der Waals surface area contributed by atoms with Gasteiger partial charge in [-0.05, 0) is 19.3 Å². The van der Waals surface area contributed by atoms with Crippen LogP contribution in [0.25, 0.3) is 0 Å². The molecule has 0 rings (SSSR count). The molecule has 0 heterocycles. The fraction of sp³-hybridized carbons (Fsp3) is 1.00. The fourth-order valence-corrected chi connectivity index (χ4v) is 4.74. The van der Waals surface area contributed by atoms with Crippen molar-refractivity contribution in [2.75, 3.05) is 40.4 Å². The summed E-state index contributed by atoms with van der Waals surface area (Å²) in [6.07, 6.45) is 23.1. The summed E-state index contributed by atoms with van der Waals surface area (Å²) in [6, 6.07) is 0. The van der Waals surface area contributed by atoms with E-state index in [4.69, 9.17) is 9.05 Å². The van der Waals surface area contributed by atoms with Crippen LogP contribution in [0, 0.1) is 0 Å². The topological polar surface area (TPSA) is 55.8 Å². The second-order valence-corrected chi connectivity index (χ2v) is 11.6. The molecule has 1 unspecified atom stereocenters. The van der Waals surface area contributed by atoms with E-state index in [9.17, 15) is 9.46 Å². The normalized spacial score (nSPS) is 14.0. The minimum absolute atomic E-state index is 0.259. The second-order valence-electron chi connectivity index (χ2n) is 10.2. The van der Waals surface area contributed by atoms with E-state index in [1.807, 2.05) is 0 Å². The molecular formula is C26H57NO4P+. The van der Waals surface area contributed by atoms with Crippen LogP contribution >= 0.6 is 7.82 Å². The van der Waals surface area contributed by atoms with E-state index in [-0.39, 0.29) is 6.61 Å². The number of phosphoric acid groups is 1. The molecule has 5 nitrogen and oxygen atoms in total. The zero-order valence-corrected chi connectivity index (χ0v) is 23.0. The lowest BCUT2D eigenvalue weighted by Gasteiger charge is -2.29. The predicted molar refractivity (Wildman–Crippen MR) is 138 cm³/mol. The van der Waals surface area contributed by atoms with Crippen molar-refractivity contribution in [1.29, 1.82) is 0 Å². The van der Waals surface area contributed by atoms with Crippen molar-refractivity contribution < 1.29 is 23.0 Å². The minimum atomic E-state index is -3.91. The lowest BCUT2D eigenvalue weighted by molar-refractivity contribution is -0.890. The zero-order valence-electron chi connectivity index (χ0n) is 22.1. The standard InChI is InChI=1S/C26H56NO4P/c1-5-7-9-11-13-14-15-16-17-18-19-21-23-27(3,4)24-26-31-32(28,29)30-25-22-20-12-10-8-6-2/h5-26H2,1-4H3/p+1. The summed E-state index contributed by atoms with van der Waals surface area (Å²) < 4.78 is 23.1. The van der Waals surface area contributed by atoms with Gasteiger partial charge in [0.2, 0.25) is 0 Å². The van der Waals surface area contributed by atoms with Crippen LogP contribution in [0.15, 0.2) is 0 Å². The molecule has 0 aromatic rings. The van der Waals surface area contributed by atoms with Crippen molar-refractivity contribution in [1.82, 2.24) is 0 Å². The van der Waals surface area contributed by atoms with E-state index in [1.165, 1.54) is 103 Å². The van der Waals surface area contributed by atoms with Gasteiger partial charge in [0.15, 0.2) is 0 Å². The van der Waals surface area contributed by atoms with E-state index in [0.29, 0.717) is 6.61 Å². The molecule has 0 aromatic carbocycles. The summed E-state index contributed by atoms with van der Waals surface area (Å²) in [5.74, 6) is 0. The Morgan fingerprint density at radius 3 is 1.41 bits per heavy atom. The second kappa shape index (κ2) is 21.6. The highest BCUT2D eigenvalue weighted by Gasteiger charge is 2.23. The molecule has 0 spiro atoms. The van der Waals surface area contributed by atoms with Crippen LogP contribution in [0.4, 0.5) is 0 Å². The van der Waals surface area contributed by atoms with Gasteiger partial charge in [-0.1, -0.05) is 110 Å². The Kier molecular flexibility index (Phi) is 21.6. The van der Waals surface area contributed by atoms with Gasteiger partial charge in [-0.3, -0.25) is 9.05 Å². The minimum Gasteiger partial charge on any atom is -0.327 e. The molecule has 32 heavy (non-hydrogen) atoms. The summed E-state index contributed by atoms with van der Waals surface area (Å²) >= 11 is 0. The first-order chi connectivity index (χ1) is 15.3. The number of phosphoric ester groups is 1. The summed E-state index contributed by atoms with van der Waals surface area (Å²) in [5.41, 5.74) is 0. The van der Waals surface area contributed by atoms with Gasteiger partial charge in [0.25, 0.3) is 0 Å². The van der Waals surface area contributed by atoms with Crippen molar-refractivity contribution in [3.8, 4) is 0 Å². The summed E-state index contributed by atoms with van der Waals surface area (Å²) in [4.78, 5) is 9.84. The first-order valence-corrected chi connectivity index (χ1v) is 15.3. The Labute approximate surface area is 200 Å². The number of unbranched alkanes of at least 4 members (excludes halogenated alkanes) is 16. The van der Waals surface area contributed by atoms with Crippen LogP contribution in [0.3, 0.4) is 0 Å². The van der Waals surface area contributed by atoms with Crippen LogP contribution in [0.5, 0.6) is 0 Å². The maximum Gasteiger partial charge on any atom is 0.472 e. The smallest absolute Gasteiger partial charge is 0.327 e. The van der Waals surface area contributed by atoms with E-state index in [0.717, 1.165) is 30.4 Å². The Morgan fingerprint density at radius 1 is 0.562 bits per heavy atom. The average molecular weight is 479 g/mol. The molecule has 0 aliphatic rings. The molecule has 0 aliphatic heterocycles. The molecule has 0 aliphatic carbocycles. The lowest BCUT2D eigenvalue weighted by atomic mass is 10.1. The highest BCUT2D eigenvalue weighted by molar-refractivity contribution is 7.47. The Hall–Kier alpha value is 0.0700. The van der Waals surface area contributed by atoms with Crippen LogP contribution in [0.1, 0.15) is 129 Å². The number of quaternary nitrogens is 1. The first-order valence-electron chi connectivity index (χ1n) is 13.8. The largest absolute Gasteiger partial charge is 0.472 e. The van der Waals surface area contributed by atoms with E-state index >= 15 is 0 Å². The van der Waals surface area contributed by atoms with Gasteiger partial charge in [-0.2, -0.15) is 0 Å². The van der Waals surface area contributed by atoms with Gasteiger partial charge < -0.3 is 9.38 Å². The number of nitrogens with zero attached hydrogens (tertiary/aromatic N) is 1. The molecule has 0 amide bonds. The van der Waals surface area contributed by atoms with Crippen LogP contribution < -0.4 is 0 Å². The molecule has 6 heteroatoms. The summed E-state index contributed by atoms with van der Waals surface area (Å²) in [5, 5.41) is 0. The van der Waals surface area contributed by atoms with Gasteiger partial charge in [-0.15, -0.1) is 0 Å². The van der Waals surface area contributed by atoms with Crippen molar-refractivity contribution >= 4 is 7.82 Å². The van der Waals surface area contributed by atoms with Crippen molar-refractivity contribution in [2.24, 2.45) is 0 Å². The van der Waals surface area contributed by atoms with Gasteiger partial charge in [0.05, 0.1) is 27.2 Å². The Morgan fingerprint density at radius 2 is 0.938 bits per heavy atom. The predicted octanol–water partition coefficient (Wildman–Crippen LogP) is 8.26. The summed E-state index contributed by atoms with van der Waals surface area (Å²) in [6.45, 7) is 6.83. The van der Waals surface area contributed by atoms with Gasteiger partial charge in [-0.25, -0.2) is 4.57 Å².